The van der Waals surface area contributed by atoms with Gasteiger partial charge < -0.3 is 0 Å². The van der Waals surface area contributed by atoms with Crippen LogP contribution < -0.4 is 5.32 Å². The van der Waals surface area contributed by atoms with Crippen molar-refractivity contribution in [3.63, 3.8) is 0 Å². The van der Waals surface area contributed by atoms with Crippen molar-refractivity contribution >= 4 is 54.8 Å². The Kier molecular flexibility index (Phi) is 4.57. The van der Waals surface area contributed by atoms with Crippen molar-refractivity contribution in [2.75, 3.05) is 5.32 Å². The van der Waals surface area contributed by atoms with E-state index in [9.17, 15) is 17.6 Å². The Balaban J connectivity index is 2.56. The molecule has 0 aliphatic carbocycles. The smallest absolute Gasteiger partial charge is 0.264 e. The van der Waals surface area contributed by atoms with Gasteiger partial charge >= 0.3 is 0 Å². The Morgan fingerprint density at radius 1 is 1.41 bits per heavy atom. The number of aromatic nitrogens is 4. The molecule has 0 saturated heterocycles. The van der Waals surface area contributed by atoms with Crippen LogP contribution in [-0.4, -0.2) is 34.5 Å². The van der Waals surface area contributed by atoms with Crippen LogP contribution in [-0.2, 0) is 16.1 Å². The maximum Gasteiger partial charge on any atom is 0.264 e. The lowest BCUT2D eigenvalue weighted by molar-refractivity contribution is 0.102. The first-order valence-electron chi connectivity index (χ1n) is 5.28. The predicted octanol–water partition coefficient (Wildman–Crippen LogP) is 1.84. The molecule has 0 unspecified atom stereocenters. The summed E-state index contributed by atoms with van der Waals surface area (Å²) in [5.41, 5.74) is -0.756. The van der Waals surface area contributed by atoms with Crippen molar-refractivity contribution in [1.82, 2.24) is 20.2 Å². The second-order valence-corrected chi connectivity index (χ2v) is 7.16. The first-order valence-corrected chi connectivity index (χ1v) is 8.35. The van der Waals surface area contributed by atoms with E-state index in [2.05, 4.69) is 20.8 Å². The van der Waals surface area contributed by atoms with Crippen LogP contribution in [0.1, 0.15) is 10.4 Å². The Morgan fingerprint density at radius 2 is 2.05 bits per heavy atom. The third-order valence-electron chi connectivity index (χ3n) is 2.44. The number of carbonyl (C=O) groups excluding carboxylic acids is 1. The molecule has 0 atom stereocenters. The highest BCUT2D eigenvalue weighted by Gasteiger charge is 2.28. The van der Waals surface area contributed by atoms with Gasteiger partial charge in [0.05, 0.1) is 15.6 Å². The van der Waals surface area contributed by atoms with Crippen molar-refractivity contribution < 1.29 is 17.6 Å². The molecule has 0 saturated carbocycles. The maximum absolute atomic E-state index is 13.9. The maximum atomic E-state index is 13.9. The molecule has 1 aromatic heterocycles. The molecule has 1 heterocycles. The van der Waals surface area contributed by atoms with Gasteiger partial charge in [-0.25, -0.2) is 17.5 Å². The standard InChI is InChI=1S/C9H5Cl3FN5O3S/c1-18-9(15-16-17-18)14-8(19)5-4(13)2-3(10)7(6(5)11)22(12,20)21/h2H,1H3,(H,14,15,17,19). The molecule has 1 amide bonds. The summed E-state index contributed by atoms with van der Waals surface area (Å²) >= 11 is 11.4. The van der Waals surface area contributed by atoms with Crippen molar-refractivity contribution in [3.05, 3.63) is 27.5 Å². The second-order valence-electron chi connectivity index (χ2n) is 3.88. The average molecular weight is 389 g/mol. The van der Waals surface area contributed by atoms with Crippen molar-refractivity contribution in [3.8, 4) is 0 Å². The number of halogens is 4. The normalized spacial score (nSPS) is 11.5. The molecule has 0 aliphatic rings. The molecule has 8 nitrogen and oxygen atoms in total. The van der Waals surface area contributed by atoms with E-state index in [1.54, 1.807) is 0 Å². The summed E-state index contributed by atoms with van der Waals surface area (Å²) < 4.78 is 37.9. The lowest BCUT2D eigenvalue weighted by Crippen LogP contribution is -2.18. The largest absolute Gasteiger partial charge is 0.289 e. The number of nitrogens with one attached hydrogen (secondary N) is 1. The minimum Gasteiger partial charge on any atom is -0.289 e. The Labute approximate surface area is 137 Å². The van der Waals surface area contributed by atoms with E-state index in [0.29, 0.717) is 6.07 Å². The molecule has 0 bridgehead atoms. The third kappa shape index (κ3) is 3.14. The summed E-state index contributed by atoms with van der Waals surface area (Å²) in [5, 5.41) is 11.1. The number of rotatable bonds is 3. The van der Waals surface area contributed by atoms with Crippen molar-refractivity contribution in [2.24, 2.45) is 7.05 Å². The minimum atomic E-state index is -4.39. The van der Waals surface area contributed by atoms with Gasteiger partial charge in [0.1, 0.15) is 10.7 Å². The molecule has 2 aromatic rings. The zero-order valence-corrected chi connectivity index (χ0v) is 13.6. The van der Waals surface area contributed by atoms with Crippen LogP contribution in [0.25, 0.3) is 0 Å². The molecular formula is C9H5Cl3FN5O3S. The van der Waals surface area contributed by atoms with Gasteiger partial charge in [0.25, 0.3) is 15.0 Å². The van der Waals surface area contributed by atoms with Gasteiger partial charge in [-0.3, -0.25) is 10.1 Å². The van der Waals surface area contributed by atoms with E-state index in [1.165, 1.54) is 7.05 Å². The van der Waals surface area contributed by atoms with Crippen molar-refractivity contribution in [2.45, 2.75) is 4.90 Å². The van der Waals surface area contributed by atoms with Crippen LogP contribution in [0.5, 0.6) is 0 Å². The van der Waals surface area contributed by atoms with E-state index < -0.39 is 41.3 Å². The van der Waals surface area contributed by atoms with E-state index in [4.69, 9.17) is 33.9 Å². The summed E-state index contributed by atoms with van der Waals surface area (Å²) in [4.78, 5) is 11.3. The van der Waals surface area contributed by atoms with Crippen LogP contribution in [0.15, 0.2) is 11.0 Å². The number of tetrazole rings is 1. The number of carbonyl (C=O) groups is 1. The van der Waals surface area contributed by atoms with E-state index in [-0.39, 0.29) is 5.95 Å². The number of benzene rings is 1. The Morgan fingerprint density at radius 3 is 2.55 bits per heavy atom. The molecule has 22 heavy (non-hydrogen) atoms. The van der Waals surface area contributed by atoms with Gasteiger partial charge in [0, 0.05) is 17.7 Å². The van der Waals surface area contributed by atoms with Crippen LogP contribution in [0.3, 0.4) is 0 Å². The van der Waals surface area contributed by atoms with Crippen molar-refractivity contribution in [1.29, 1.82) is 0 Å². The number of hydrogen-bond donors (Lipinski definition) is 1. The molecule has 0 fully saturated rings. The SMILES string of the molecule is Cn1nnnc1NC(=O)c1c(F)cc(Cl)c(S(=O)(=O)Cl)c1Cl. The van der Waals surface area contributed by atoms with E-state index >= 15 is 0 Å². The second kappa shape index (κ2) is 5.95. The summed E-state index contributed by atoms with van der Waals surface area (Å²) in [7, 11) is 2.21. The molecule has 1 aromatic carbocycles. The fraction of sp³-hybridized carbons (Fsp3) is 0.111. The monoisotopic (exact) mass is 387 g/mol. The van der Waals surface area contributed by atoms with Crippen LogP contribution in [0, 0.1) is 5.82 Å². The third-order valence-corrected chi connectivity index (χ3v) is 4.72. The van der Waals surface area contributed by atoms with Gasteiger partial charge in [-0.05, 0) is 16.5 Å². The topological polar surface area (TPSA) is 107 Å². The highest BCUT2D eigenvalue weighted by Crippen LogP contribution is 2.36. The summed E-state index contributed by atoms with van der Waals surface area (Å²) in [6.07, 6.45) is 0. The quantitative estimate of drug-likeness (QED) is 0.804. The molecule has 2 rings (SSSR count). The Hall–Kier alpha value is -1.49. The predicted molar refractivity (Wildman–Crippen MR) is 76.2 cm³/mol. The number of amides is 1. The van der Waals surface area contributed by atoms with Gasteiger partial charge in [0.15, 0.2) is 0 Å². The molecule has 1 N–H and O–H groups in total. The highest BCUT2D eigenvalue weighted by molar-refractivity contribution is 8.14. The first-order chi connectivity index (χ1) is 10.1. The molecular weight excluding hydrogens is 384 g/mol. The van der Waals surface area contributed by atoms with Crippen LogP contribution in [0.4, 0.5) is 10.3 Å². The number of anilines is 1. The van der Waals surface area contributed by atoms with Crippen LogP contribution >= 0.6 is 33.9 Å². The van der Waals surface area contributed by atoms with Crippen LogP contribution in [0.2, 0.25) is 10.0 Å². The molecule has 0 radical (unpaired) electrons. The molecule has 0 aliphatic heterocycles. The summed E-state index contributed by atoms with van der Waals surface area (Å²) in [5.74, 6) is -2.31. The summed E-state index contributed by atoms with van der Waals surface area (Å²) in [6.45, 7) is 0. The minimum absolute atomic E-state index is 0.106. The highest BCUT2D eigenvalue weighted by atomic mass is 35.7. The first kappa shape index (κ1) is 16.9. The van der Waals surface area contributed by atoms with E-state index in [1.807, 2.05) is 0 Å². The van der Waals surface area contributed by atoms with E-state index in [0.717, 1.165) is 4.68 Å². The number of nitrogens with zero attached hydrogens (tertiary/aromatic N) is 4. The molecule has 0 spiro atoms. The number of hydrogen-bond acceptors (Lipinski definition) is 6. The average Bonchev–Trinajstić information content (AvgIpc) is 2.72. The van der Waals surface area contributed by atoms with Gasteiger partial charge in [-0.15, -0.1) is 0 Å². The number of aryl methyl sites for hydroxylation is 1. The lowest BCUT2D eigenvalue weighted by atomic mass is 10.2. The zero-order chi connectivity index (χ0) is 16.7. The Bertz CT molecular complexity index is 870. The van der Waals surface area contributed by atoms with Gasteiger partial charge in [-0.1, -0.05) is 28.3 Å². The molecule has 13 heteroatoms. The summed E-state index contributed by atoms with van der Waals surface area (Å²) in [6, 6.07) is 0.618. The molecule has 118 valence electrons. The fourth-order valence-electron chi connectivity index (χ4n) is 1.50. The van der Waals surface area contributed by atoms with Gasteiger partial charge in [-0.2, -0.15) is 0 Å². The van der Waals surface area contributed by atoms with Gasteiger partial charge in [0.2, 0.25) is 5.95 Å². The zero-order valence-electron chi connectivity index (χ0n) is 10.5. The lowest BCUT2D eigenvalue weighted by Gasteiger charge is -2.10. The fourth-order valence-corrected chi connectivity index (χ4v) is 3.95.